The van der Waals surface area contributed by atoms with Gasteiger partial charge in [0, 0.05) is 24.6 Å². The van der Waals surface area contributed by atoms with Crippen LogP contribution >= 0.6 is 0 Å². The SMILES string of the molecule is C=CCN1C(=O)CC(c2ccc(OCc3cccc(C)c3)c(OC)c2)c2c1ccc1ccccc21. The molecule has 5 rings (SSSR count). The number of ether oxygens (including phenoxy) is 2. The van der Waals surface area contributed by atoms with E-state index in [0.29, 0.717) is 31.1 Å². The zero-order chi connectivity index (χ0) is 24.4. The first-order valence-corrected chi connectivity index (χ1v) is 11.9. The summed E-state index contributed by atoms with van der Waals surface area (Å²) >= 11 is 0. The van der Waals surface area contributed by atoms with Crippen molar-refractivity contribution in [2.45, 2.75) is 25.9 Å². The van der Waals surface area contributed by atoms with Crippen molar-refractivity contribution < 1.29 is 14.3 Å². The fourth-order valence-electron chi connectivity index (χ4n) is 5.00. The Morgan fingerprint density at radius 2 is 1.86 bits per heavy atom. The van der Waals surface area contributed by atoms with E-state index in [9.17, 15) is 4.79 Å². The van der Waals surface area contributed by atoms with Crippen molar-refractivity contribution in [1.82, 2.24) is 0 Å². The standard InChI is InChI=1S/C31H29NO3/c1-4-16-32-27-14-12-23-10-5-6-11-25(23)31(27)26(19-30(32)33)24-13-15-28(29(18-24)34-3)35-20-22-9-7-8-21(2)17-22/h4-15,17-18,26H,1,16,19-20H2,2-3H3. The molecule has 0 aliphatic carbocycles. The van der Waals surface area contributed by atoms with Crippen molar-refractivity contribution in [3.8, 4) is 11.5 Å². The molecule has 4 aromatic rings. The number of carbonyl (C=O) groups is 1. The van der Waals surface area contributed by atoms with Crippen LogP contribution in [-0.2, 0) is 11.4 Å². The topological polar surface area (TPSA) is 38.8 Å². The summed E-state index contributed by atoms with van der Waals surface area (Å²) in [5.41, 5.74) is 5.46. The monoisotopic (exact) mass is 463 g/mol. The molecule has 4 nitrogen and oxygen atoms in total. The molecule has 1 amide bonds. The maximum absolute atomic E-state index is 13.2. The van der Waals surface area contributed by atoms with Gasteiger partial charge in [-0.25, -0.2) is 0 Å². The van der Waals surface area contributed by atoms with E-state index in [1.54, 1.807) is 13.2 Å². The molecule has 0 saturated heterocycles. The van der Waals surface area contributed by atoms with Gasteiger partial charge >= 0.3 is 0 Å². The van der Waals surface area contributed by atoms with Crippen molar-refractivity contribution in [2.24, 2.45) is 0 Å². The van der Waals surface area contributed by atoms with Gasteiger partial charge in [0.2, 0.25) is 5.91 Å². The molecule has 0 fully saturated rings. The molecule has 0 radical (unpaired) electrons. The summed E-state index contributed by atoms with van der Waals surface area (Å²) in [5.74, 6) is 1.37. The quantitative estimate of drug-likeness (QED) is 0.283. The van der Waals surface area contributed by atoms with E-state index in [2.05, 4.69) is 68.1 Å². The van der Waals surface area contributed by atoms with Gasteiger partial charge in [0.05, 0.1) is 7.11 Å². The van der Waals surface area contributed by atoms with Crippen LogP contribution in [0.1, 0.15) is 34.6 Å². The van der Waals surface area contributed by atoms with E-state index in [-0.39, 0.29) is 11.8 Å². The zero-order valence-corrected chi connectivity index (χ0v) is 20.2. The third-order valence-electron chi connectivity index (χ3n) is 6.65. The Kier molecular flexibility index (Phi) is 6.28. The lowest BCUT2D eigenvalue weighted by Gasteiger charge is -2.35. The molecule has 0 saturated carbocycles. The third-order valence-corrected chi connectivity index (χ3v) is 6.65. The summed E-state index contributed by atoms with van der Waals surface area (Å²) in [6.45, 7) is 6.88. The van der Waals surface area contributed by atoms with Gasteiger partial charge in [-0.15, -0.1) is 6.58 Å². The summed E-state index contributed by atoms with van der Waals surface area (Å²) in [4.78, 5) is 15.0. The largest absolute Gasteiger partial charge is 0.493 e. The number of nitrogens with zero attached hydrogens (tertiary/aromatic N) is 1. The second kappa shape index (κ2) is 9.67. The summed E-state index contributed by atoms with van der Waals surface area (Å²) in [7, 11) is 1.65. The van der Waals surface area contributed by atoms with Gasteiger partial charge in [-0.3, -0.25) is 4.79 Å². The maximum atomic E-state index is 13.2. The van der Waals surface area contributed by atoms with Crippen LogP contribution < -0.4 is 14.4 Å². The molecule has 35 heavy (non-hydrogen) atoms. The lowest BCUT2D eigenvalue weighted by molar-refractivity contribution is -0.119. The molecule has 0 N–H and O–H groups in total. The van der Waals surface area contributed by atoms with Crippen LogP contribution in [0.3, 0.4) is 0 Å². The van der Waals surface area contributed by atoms with Gasteiger partial charge < -0.3 is 14.4 Å². The Balaban J connectivity index is 1.54. The van der Waals surface area contributed by atoms with Crippen molar-refractivity contribution in [3.63, 3.8) is 0 Å². The van der Waals surface area contributed by atoms with E-state index in [0.717, 1.165) is 27.6 Å². The number of hydrogen-bond donors (Lipinski definition) is 0. The van der Waals surface area contributed by atoms with Crippen molar-refractivity contribution in [2.75, 3.05) is 18.6 Å². The van der Waals surface area contributed by atoms with Crippen LogP contribution in [0.25, 0.3) is 10.8 Å². The second-order valence-electron chi connectivity index (χ2n) is 8.96. The molecule has 176 valence electrons. The first-order chi connectivity index (χ1) is 17.1. The highest BCUT2D eigenvalue weighted by atomic mass is 16.5. The minimum atomic E-state index is -0.0793. The normalized spacial score (nSPS) is 15.1. The highest BCUT2D eigenvalue weighted by Crippen LogP contribution is 2.45. The molecule has 1 aliphatic rings. The smallest absolute Gasteiger partial charge is 0.228 e. The Morgan fingerprint density at radius 1 is 1.00 bits per heavy atom. The Hall–Kier alpha value is -4.05. The number of amides is 1. The minimum absolute atomic E-state index is 0.0793. The number of aryl methyl sites for hydroxylation is 1. The highest BCUT2D eigenvalue weighted by Gasteiger charge is 2.33. The van der Waals surface area contributed by atoms with Crippen molar-refractivity contribution >= 4 is 22.4 Å². The third kappa shape index (κ3) is 4.40. The number of methoxy groups -OCH3 is 1. The van der Waals surface area contributed by atoms with Gasteiger partial charge in [0.25, 0.3) is 0 Å². The molecular formula is C31H29NO3. The van der Waals surface area contributed by atoms with Crippen molar-refractivity contribution in [3.05, 3.63) is 114 Å². The number of hydrogen-bond acceptors (Lipinski definition) is 3. The number of rotatable bonds is 7. The zero-order valence-electron chi connectivity index (χ0n) is 20.2. The summed E-state index contributed by atoms with van der Waals surface area (Å²) in [6.07, 6.45) is 2.17. The van der Waals surface area contributed by atoms with Crippen molar-refractivity contribution in [1.29, 1.82) is 0 Å². The number of fused-ring (bicyclic) bond motifs is 3. The van der Waals surface area contributed by atoms with Gasteiger partial charge in [-0.05, 0) is 52.6 Å². The average molecular weight is 464 g/mol. The second-order valence-corrected chi connectivity index (χ2v) is 8.96. The first-order valence-electron chi connectivity index (χ1n) is 11.9. The molecule has 0 bridgehead atoms. The molecule has 1 unspecified atom stereocenters. The Morgan fingerprint density at radius 3 is 2.66 bits per heavy atom. The van der Waals surface area contributed by atoms with E-state index in [1.165, 1.54) is 11.1 Å². The lowest BCUT2D eigenvalue weighted by atomic mass is 9.81. The van der Waals surface area contributed by atoms with Crippen LogP contribution in [0.5, 0.6) is 11.5 Å². The predicted octanol–water partition coefficient (Wildman–Crippen LogP) is 6.79. The highest BCUT2D eigenvalue weighted by molar-refractivity contribution is 6.03. The summed E-state index contributed by atoms with van der Waals surface area (Å²) in [5, 5.41) is 2.32. The molecule has 0 aromatic heterocycles. The summed E-state index contributed by atoms with van der Waals surface area (Å²) in [6, 6.07) is 26.8. The van der Waals surface area contributed by atoms with Gasteiger partial charge in [-0.2, -0.15) is 0 Å². The molecule has 1 heterocycles. The maximum Gasteiger partial charge on any atom is 0.228 e. The van der Waals surface area contributed by atoms with Crippen LogP contribution in [0.4, 0.5) is 5.69 Å². The number of anilines is 1. The van der Waals surface area contributed by atoms with Gasteiger partial charge in [0.1, 0.15) is 6.61 Å². The van der Waals surface area contributed by atoms with E-state index < -0.39 is 0 Å². The minimum Gasteiger partial charge on any atom is -0.493 e. The molecular weight excluding hydrogens is 434 g/mol. The molecule has 1 atom stereocenters. The first kappa shape index (κ1) is 22.7. The van der Waals surface area contributed by atoms with Crippen LogP contribution in [0.15, 0.2) is 91.5 Å². The number of benzene rings is 4. The van der Waals surface area contributed by atoms with Crippen LogP contribution in [-0.4, -0.2) is 19.6 Å². The fourth-order valence-corrected chi connectivity index (χ4v) is 5.00. The lowest BCUT2D eigenvalue weighted by Crippen LogP contribution is -2.37. The Labute approximate surface area is 206 Å². The number of carbonyl (C=O) groups excluding carboxylic acids is 1. The van der Waals surface area contributed by atoms with E-state index >= 15 is 0 Å². The molecule has 4 aromatic carbocycles. The van der Waals surface area contributed by atoms with E-state index in [1.807, 2.05) is 29.2 Å². The molecule has 4 heteroatoms. The van der Waals surface area contributed by atoms with Crippen LogP contribution in [0, 0.1) is 6.92 Å². The fraction of sp³-hybridized carbons (Fsp3) is 0.194. The van der Waals surface area contributed by atoms with Crippen LogP contribution in [0.2, 0.25) is 0 Å². The molecule has 1 aliphatic heterocycles. The summed E-state index contributed by atoms with van der Waals surface area (Å²) < 4.78 is 11.8. The molecule has 0 spiro atoms. The average Bonchev–Trinajstić information content (AvgIpc) is 2.88. The Bertz CT molecular complexity index is 1410. The van der Waals surface area contributed by atoms with Gasteiger partial charge in [-0.1, -0.05) is 72.3 Å². The van der Waals surface area contributed by atoms with E-state index in [4.69, 9.17) is 9.47 Å². The van der Waals surface area contributed by atoms with Gasteiger partial charge in [0.15, 0.2) is 11.5 Å². The predicted molar refractivity (Wildman–Crippen MR) is 141 cm³/mol.